The van der Waals surface area contributed by atoms with Gasteiger partial charge in [0, 0.05) is 6.61 Å². The van der Waals surface area contributed by atoms with Gasteiger partial charge in [-0.1, -0.05) is 6.58 Å². The minimum atomic E-state index is 0.0523. The van der Waals surface area contributed by atoms with E-state index in [-0.39, 0.29) is 12.4 Å². The van der Waals surface area contributed by atoms with Crippen molar-refractivity contribution in [2.75, 3.05) is 26.4 Å². The Hall–Kier alpha value is -0.540. The highest BCUT2D eigenvalue weighted by atomic mass is 16.5. The SMILES string of the molecule is C=C(O)COCCOCC. The molecule has 0 aromatic heterocycles. The van der Waals surface area contributed by atoms with E-state index >= 15 is 0 Å². The Balaban J connectivity index is 2.84. The highest BCUT2D eigenvalue weighted by molar-refractivity contribution is 4.77. The van der Waals surface area contributed by atoms with Crippen molar-refractivity contribution in [1.82, 2.24) is 0 Å². The van der Waals surface area contributed by atoms with Gasteiger partial charge in [0.15, 0.2) is 0 Å². The van der Waals surface area contributed by atoms with Crippen LogP contribution in [-0.2, 0) is 9.47 Å². The predicted octanol–water partition coefficient (Wildman–Crippen LogP) is 1.11. The van der Waals surface area contributed by atoms with E-state index in [9.17, 15) is 0 Å². The van der Waals surface area contributed by atoms with Crippen LogP contribution in [0.15, 0.2) is 12.3 Å². The Kier molecular flexibility index (Phi) is 6.22. The molecule has 1 N–H and O–H groups in total. The second kappa shape index (κ2) is 6.58. The van der Waals surface area contributed by atoms with Gasteiger partial charge in [0.05, 0.1) is 13.2 Å². The summed E-state index contributed by atoms with van der Waals surface area (Å²) in [4.78, 5) is 0. The summed E-state index contributed by atoms with van der Waals surface area (Å²) >= 11 is 0. The van der Waals surface area contributed by atoms with Gasteiger partial charge < -0.3 is 14.6 Å². The second-order valence-corrected chi connectivity index (χ2v) is 1.82. The van der Waals surface area contributed by atoms with Gasteiger partial charge >= 0.3 is 0 Å². The molecule has 0 bridgehead atoms. The number of aliphatic hydroxyl groups is 1. The van der Waals surface area contributed by atoms with Crippen LogP contribution in [0.2, 0.25) is 0 Å². The van der Waals surface area contributed by atoms with Crippen LogP contribution in [0.1, 0.15) is 6.92 Å². The fraction of sp³-hybridized carbons (Fsp3) is 0.714. The largest absolute Gasteiger partial charge is 0.510 e. The Morgan fingerprint density at radius 3 is 2.50 bits per heavy atom. The predicted molar refractivity (Wildman–Crippen MR) is 39.1 cm³/mol. The smallest absolute Gasteiger partial charge is 0.111 e. The molecule has 10 heavy (non-hydrogen) atoms. The quantitative estimate of drug-likeness (QED) is 0.450. The van der Waals surface area contributed by atoms with Gasteiger partial charge in [-0.15, -0.1) is 0 Å². The molecule has 0 rings (SSSR count). The molecule has 0 saturated heterocycles. The monoisotopic (exact) mass is 146 g/mol. The molecule has 0 aromatic carbocycles. The Morgan fingerprint density at radius 1 is 1.40 bits per heavy atom. The molecule has 0 aromatic rings. The van der Waals surface area contributed by atoms with Gasteiger partial charge in [-0.05, 0) is 6.92 Å². The van der Waals surface area contributed by atoms with Crippen LogP contribution in [-0.4, -0.2) is 31.5 Å². The van der Waals surface area contributed by atoms with Crippen molar-refractivity contribution in [1.29, 1.82) is 0 Å². The molecule has 0 spiro atoms. The number of ether oxygens (including phenoxy) is 2. The second-order valence-electron chi connectivity index (χ2n) is 1.82. The average Bonchev–Trinajstić information content (AvgIpc) is 1.87. The first-order valence-electron chi connectivity index (χ1n) is 3.29. The summed E-state index contributed by atoms with van der Waals surface area (Å²) in [6.45, 7) is 7.16. The Bertz CT molecular complexity index is 90.9. The van der Waals surface area contributed by atoms with Crippen LogP contribution in [0.5, 0.6) is 0 Å². The lowest BCUT2D eigenvalue weighted by Crippen LogP contribution is -2.05. The first kappa shape index (κ1) is 9.46. The summed E-state index contributed by atoms with van der Waals surface area (Å²) in [5, 5.41) is 8.55. The van der Waals surface area contributed by atoms with Gasteiger partial charge in [-0.25, -0.2) is 0 Å². The highest BCUT2D eigenvalue weighted by Crippen LogP contribution is 1.84. The van der Waals surface area contributed by atoms with E-state index in [4.69, 9.17) is 14.6 Å². The molecule has 0 aliphatic heterocycles. The summed E-state index contributed by atoms with van der Waals surface area (Å²) in [6, 6.07) is 0. The summed E-state index contributed by atoms with van der Waals surface area (Å²) in [5.41, 5.74) is 0. The zero-order valence-electron chi connectivity index (χ0n) is 6.30. The van der Waals surface area contributed by atoms with Crippen molar-refractivity contribution in [2.45, 2.75) is 6.92 Å². The van der Waals surface area contributed by atoms with Crippen LogP contribution < -0.4 is 0 Å². The van der Waals surface area contributed by atoms with Crippen molar-refractivity contribution >= 4 is 0 Å². The molecule has 0 aliphatic carbocycles. The molecular weight excluding hydrogens is 132 g/mol. The van der Waals surface area contributed by atoms with Crippen molar-refractivity contribution < 1.29 is 14.6 Å². The minimum Gasteiger partial charge on any atom is -0.510 e. The fourth-order valence-electron chi connectivity index (χ4n) is 0.452. The van der Waals surface area contributed by atoms with Crippen LogP contribution in [0.25, 0.3) is 0 Å². The third kappa shape index (κ3) is 7.46. The summed E-state index contributed by atoms with van der Waals surface area (Å²) in [5.74, 6) is 0.0523. The number of rotatable bonds is 6. The van der Waals surface area contributed by atoms with E-state index in [1.165, 1.54) is 0 Å². The molecule has 0 atom stereocenters. The standard InChI is InChI=1S/C7H14O3/c1-3-9-4-5-10-6-7(2)8/h8H,2-6H2,1H3. The van der Waals surface area contributed by atoms with Crippen molar-refractivity contribution in [2.24, 2.45) is 0 Å². The topological polar surface area (TPSA) is 38.7 Å². The maximum atomic E-state index is 8.55. The van der Waals surface area contributed by atoms with E-state index in [1.807, 2.05) is 6.92 Å². The van der Waals surface area contributed by atoms with Crippen molar-refractivity contribution in [3.8, 4) is 0 Å². The maximum Gasteiger partial charge on any atom is 0.111 e. The number of hydrogen-bond donors (Lipinski definition) is 1. The fourth-order valence-corrected chi connectivity index (χ4v) is 0.452. The molecule has 0 radical (unpaired) electrons. The lowest BCUT2D eigenvalue weighted by atomic mass is 10.6. The van der Waals surface area contributed by atoms with Gasteiger partial charge in [0.25, 0.3) is 0 Å². The minimum absolute atomic E-state index is 0.0523. The first-order valence-corrected chi connectivity index (χ1v) is 3.29. The molecule has 0 unspecified atom stereocenters. The van der Waals surface area contributed by atoms with Crippen LogP contribution in [0, 0.1) is 0 Å². The van der Waals surface area contributed by atoms with E-state index in [1.54, 1.807) is 0 Å². The zero-order valence-corrected chi connectivity index (χ0v) is 6.30. The summed E-state index contributed by atoms with van der Waals surface area (Å²) in [6.07, 6.45) is 0. The summed E-state index contributed by atoms with van der Waals surface area (Å²) < 4.78 is 9.90. The van der Waals surface area contributed by atoms with Gasteiger partial charge in [-0.2, -0.15) is 0 Å². The lowest BCUT2D eigenvalue weighted by Gasteiger charge is -2.01. The molecule has 60 valence electrons. The zero-order chi connectivity index (χ0) is 7.82. The van der Waals surface area contributed by atoms with Crippen LogP contribution >= 0.6 is 0 Å². The Morgan fingerprint density at radius 2 is 2.00 bits per heavy atom. The average molecular weight is 146 g/mol. The molecule has 0 heterocycles. The number of aliphatic hydroxyl groups excluding tert-OH is 1. The lowest BCUT2D eigenvalue weighted by molar-refractivity contribution is 0.0528. The molecule has 3 heteroatoms. The molecule has 0 aliphatic rings. The maximum absolute atomic E-state index is 8.55. The third-order valence-corrected chi connectivity index (χ3v) is 0.845. The third-order valence-electron chi connectivity index (χ3n) is 0.845. The van der Waals surface area contributed by atoms with E-state index < -0.39 is 0 Å². The molecule has 3 nitrogen and oxygen atoms in total. The molecule has 0 saturated carbocycles. The van der Waals surface area contributed by atoms with Gasteiger partial charge in [-0.3, -0.25) is 0 Å². The van der Waals surface area contributed by atoms with Gasteiger partial charge in [0.2, 0.25) is 0 Å². The Labute approximate surface area is 61.3 Å². The van der Waals surface area contributed by atoms with E-state index in [0.29, 0.717) is 19.8 Å². The molecule has 0 fully saturated rings. The van der Waals surface area contributed by atoms with Crippen LogP contribution in [0.4, 0.5) is 0 Å². The first-order chi connectivity index (χ1) is 4.77. The normalized spacial score (nSPS) is 9.70. The number of hydrogen-bond acceptors (Lipinski definition) is 3. The van der Waals surface area contributed by atoms with Crippen molar-refractivity contribution in [3.63, 3.8) is 0 Å². The van der Waals surface area contributed by atoms with Crippen molar-refractivity contribution in [3.05, 3.63) is 12.3 Å². The van der Waals surface area contributed by atoms with E-state index in [2.05, 4.69) is 6.58 Å². The summed E-state index contributed by atoms with van der Waals surface area (Å²) in [7, 11) is 0. The van der Waals surface area contributed by atoms with E-state index in [0.717, 1.165) is 0 Å². The molecular formula is C7H14O3. The van der Waals surface area contributed by atoms with Crippen LogP contribution in [0.3, 0.4) is 0 Å². The van der Waals surface area contributed by atoms with Gasteiger partial charge in [0.1, 0.15) is 12.4 Å². The molecule has 0 amide bonds. The highest BCUT2D eigenvalue weighted by Gasteiger charge is 1.88.